The molecule has 88 valence electrons. The molecule has 0 bridgehead atoms. The highest BCUT2D eigenvalue weighted by atomic mass is 79.9. The highest BCUT2D eigenvalue weighted by molar-refractivity contribution is 9.10. The van der Waals surface area contributed by atoms with Crippen molar-refractivity contribution < 1.29 is 9.47 Å². The fraction of sp³-hybridized carbons (Fsp3) is 0.500. The molecule has 0 spiro atoms. The Balaban J connectivity index is 2.31. The van der Waals surface area contributed by atoms with Gasteiger partial charge in [-0.1, -0.05) is 6.92 Å². The minimum absolute atomic E-state index is 0.442. The first-order valence-electron chi connectivity index (χ1n) is 5.51. The third-order valence-electron chi connectivity index (χ3n) is 2.79. The largest absolute Gasteiger partial charge is 0.486 e. The molecule has 0 radical (unpaired) electrons. The molecule has 0 aliphatic carbocycles. The van der Waals surface area contributed by atoms with E-state index in [-0.39, 0.29) is 0 Å². The molecule has 0 amide bonds. The molecular weight excluding hydrogens is 270 g/mol. The molecule has 2 rings (SSSR count). The lowest BCUT2D eigenvalue weighted by Gasteiger charge is -2.22. The molecule has 1 aromatic carbocycles. The first-order valence-corrected chi connectivity index (χ1v) is 6.30. The van der Waals surface area contributed by atoms with Gasteiger partial charge in [-0.2, -0.15) is 0 Å². The summed E-state index contributed by atoms with van der Waals surface area (Å²) in [5, 5.41) is 0. The summed E-state index contributed by atoms with van der Waals surface area (Å²) in [7, 11) is 0. The zero-order valence-corrected chi connectivity index (χ0v) is 10.9. The third-order valence-corrected chi connectivity index (χ3v) is 3.38. The Morgan fingerprint density at radius 1 is 1.38 bits per heavy atom. The van der Waals surface area contributed by atoms with Crippen LogP contribution in [-0.4, -0.2) is 19.8 Å². The first kappa shape index (κ1) is 11.7. The molecule has 4 heteroatoms. The first-order chi connectivity index (χ1) is 7.72. The average Bonchev–Trinajstić information content (AvgIpc) is 2.29. The second-order valence-electron chi connectivity index (χ2n) is 4.01. The van der Waals surface area contributed by atoms with E-state index >= 15 is 0 Å². The van der Waals surface area contributed by atoms with Gasteiger partial charge >= 0.3 is 0 Å². The summed E-state index contributed by atoms with van der Waals surface area (Å²) in [6.45, 7) is 4.11. The predicted octanol–water partition coefficient (Wildman–Crippen LogP) is 2.67. The smallest absolute Gasteiger partial charge is 0.175 e. The third kappa shape index (κ3) is 2.33. The highest BCUT2D eigenvalue weighted by Gasteiger charge is 2.18. The lowest BCUT2D eigenvalue weighted by Crippen LogP contribution is -2.16. The van der Waals surface area contributed by atoms with Crippen LogP contribution in [0.1, 0.15) is 24.8 Å². The zero-order chi connectivity index (χ0) is 11.5. The van der Waals surface area contributed by atoms with Crippen molar-refractivity contribution in [3.05, 3.63) is 22.2 Å². The van der Waals surface area contributed by atoms with Gasteiger partial charge in [-0.15, -0.1) is 0 Å². The molecule has 0 saturated carbocycles. The standard InChI is InChI=1S/C12H16BrNO2/c1-8(2-3-14)9-6-10(13)12-11(7-9)15-4-5-16-12/h6-8H,2-5,14H2,1H3. The van der Waals surface area contributed by atoms with E-state index in [2.05, 4.69) is 35.0 Å². The van der Waals surface area contributed by atoms with Gasteiger partial charge in [-0.3, -0.25) is 0 Å². The molecule has 1 atom stereocenters. The lowest BCUT2D eigenvalue weighted by atomic mass is 9.97. The van der Waals surface area contributed by atoms with E-state index < -0.39 is 0 Å². The Morgan fingerprint density at radius 2 is 2.12 bits per heavy atom. The van der Waals surface area contributed by atoms with Crippen LogP contribution in [0.5, 0.6) is 11.5 Å². The summed E-state index contributed by atoms with van der Waals surface area (Å²) >= 11 is 3.52. The lowest BCUT2D eigenvalue weighted by molar-refractivity contribution is 0.170. The molecule has 2 N–H and O–H groups in total. The van der Waals surface area contributed by atoms with E-state index in [9.17, 15) is 0 Å². The minimum atomic E-state index is 0.442. The monoisotopic (exact) mass is 285 g/mol. The van der Waals surface area contributed by atoms with Gasteiger partial charge < -0.3 is 15.2 Å². The van der Waals surface area contributed by atoms with Gasteiger partial charge in [0.15, 0.2) is 11.5 Å². The van der Waals surface area contributed by atoms with Crippen LogP contribution in [0.4, 0.5) is 0 Å². The van der Waals surface area contributed by atoms with E-state index in [1.165, 1.54) is 5.56 Å². The summed E-state index contributed by atoms with van der Waals surface area (Å²) in [4.78, 5) is 0. The van der Waals surface area contributed by atoms with Gasteiger partial charge in [-0.25, -0.2) is 0 Å². The van der Waals surface area contributed by atoms with E-state index in [0.717, 1.165) is 22.4 Å². The number of ether oxygens (including phenoxy) is 2. The van der Waals surface area contributed by atoms with Crippen molar-refractivity contribution in [3.63, 3.8) is 0 Å². The average molecular weight is 286 g/mol. The molecule has 0 aromatic heterocycles. The molecule has 1 aliphatic heterocycles. The van der Waals surface area contributed by atoms with Crippen LogP contribution >= 0.6 is 15.9 Å². The summed E-state index contributed by atoms with van der Waals surface area (Å²) < 4.78 is 12.1. The normalized spacial score (nSPS) is 15.9. The summed E-state index contributed by atoms with van der Waals surface area (Å²) in [6.07, 6.45) is 0.978. The Kier molecular flexibility index (Phi) is 3.71. The van der Waals surface area contributed by atoms with Crippen LogP contribution < -0.4 is 15.2 Å². The quantitative estimate of drug-likeness (QED) is 0.929. The van der Waals surface area contributed by atoms with E-state index in [4.69, 9.17) is 15.2 Å². The fourth-order valence-corrected chi connectivity index (χ4v) is 2.41. The number of benzene rings is 1. The van der Waals surface area contributed by atoms with Crippen LogP contribution in [-0.2, 0) is 0 Å². The van der Waals surface area contributed by atoms with Gasteiger partial charge in [0.25, 0.3) is 0 Å². The SMILES string of the molecule is CC(CCN)c1cc(Br)c2c(c1)OCCO2. The van der Waals surface area contributed by atoms with Crippen molar-refractivity contribution in [3.8, 4) is 11.5 Å². The van der Waals surface area contributed by atoms with Gasteiger partial charge in [0.1, 0.15) is 13.2 Å². The number of nitrogens with two attached hydrogens (primary N) is 1. The highest BCUT2D eigenvalue weighted by Crippen LogP contribution is 2.40. The van der Waals surface area contributed by atoms with Crippen LogP contribution in [0, 0.1) is 0 Å². The number of hydrogen-bond donors (Lipinski definition) is 1. The minimum Gasteiger partial charge on any atom is -0.486 e. The second kappa shape index (κ2) is 5.06. The van der Waals surface area contributed by atoms with Crippen LogP contribution in [0.3, 0.4) is 0 Å². The maximum atomic E-state index is 5.59. The van der Waals surface area contributed by atoms with Crippen LogP contribution in [0.25, 0.3) is 0 Å². The topological polar surface area (TPSA) is 44.5 Å². The van der Waals surface area contributed by atoms with E-state index in [0.29, 0.717) is 25.7 Å². The molecule has 3 nitrogen and oxygen atoms in total. The molecular formula is C12H16BrNO2. The maximum Gasteiger partial charge on any atom is 0.175 e. The van der Waals surface area contributed by atoms with Crippen molar-refractivity contribution >= 4 is 15.9 Å². The molecule has 1 unspecified atom stereocenters. The number of fused-ring (bicyclic) bond motifs is 1. The van der Waals surface area contributed by atoms with E-state index in [1.54, 1.807) is 0 Å². The molecule has 1 aliphatic rings. The number of hydrogen-bond acceptors (Lipinski definition) is 3. The van der Waals surface area contributed by atoms with Crippen molar-refractivity contribution in [1.82, 2.24) is 0 Å². The van der Waals surface area contributed by atoms with E-state index in [1.807, 2.05) is 0 Å². The molecule has 0 saturated heterocycles. The van der Waals surface area contributed by atoms with Crippen molar-refractivity contribution in [1.29, 1.82) is 0 Å². The Labute approximate surface area is 104 Å². The van der Waals surface area contributed by atoms with Gasteiger partial charge in [0, 0.05) is 0 Å². The van der Waals surface area contributed by atoms with Crippen molar-refractivity contribution in [2.75, 3.05) is 19.8 Å². The second-order valence-corrected chi connectivity index (χ2v) is 4.86. The Hall–Kier alpha value is -0.740. The maximum absolute atomic E-state index is 5.59. The van der Waals surface area contributed by atoms with Gasteiger partial charge in [-0.05, 0) is 52.5 Å². The molecule has 16 heavy (non-hydrogen) atoms. The fourth-order valence-electron chi connectivity index (χ4n) is 1.83. The predicted molar refractivity (Wildman–Crippen MR) is 67.2 cm³/mol. The van der Waals surface area contributed by atoms with Crippen molar-refractivity contribution in [2.45, 2.75) is 19.3 Å². The van der Waals surface area contributed by atoms with Crippen molar-refractivity contribution in [2.24, 2.45) is 5.73 Å². The zero-order valence-electron chi connectivity index (χ0n) is 9.33. The van der Waals surface area contributed by atoms with Gasteiger partial charge in [0.2, 0.25) is 0 Å². The number of halogens is 1. The van der Waals surface area contributed by atoms with Crippen LogP contribution in [0.2, 0.25) is 0 Å². The molecule has 0 fully saturated rings. The Bertz CT molecular complexity index is 382. The van der Waals surface area contributed by atoms with Crippen LogP contribution in [0.15, 0.2) is 16.6 Å². The molecule has 1 heterocycles. The summed E-state index contributed by atoms with van der Waals surface area (Å²) in [6, 6.07) is 4.15. The molecule has 1 aromatic rings. The van der Waals surface area contributed by atoms with Gasteiger partial charge in [0.05, 0.1) is 4.47 Å². The Morgan fingerprint density at radius 3 is 2.88 bits per heavy atom. The number of rotatable bonds is 3. The summed E-state index contributed by atoms with van der Waals surface area (Å²) in [5.41, 5.74) is 6.81. The summed E-state index contributed by atoms with van der Waals surface area (Å²) in [5.74, 6) is 2.09.